The lowest BCUT2D eigenvalue weighted by Gasteiger charge is -2.17. The maximum atomic E-state index is 12.2. The van der Waals surface area contributed by atoms with Gasteiger partial charge in [-0.15, -0.1) is 0 Å². The first-order valence-electron chi connectivity index (χ1n) is 6.26. The van der Waals surface area contributed by atoms with Crippen LogP contribution in [0.1, 0.15) is 36.5 Å². The summed E-state index contributed by atoms with van der Waals surface area (Å²) in [6.45, 7) is 2.66. The maximum absolute atomic E-state index is 12.2. The van der Waals surface area contributed by atoms with Gasteiger partial charge in [-0.05, 0) is 18.6 Å². The summed E-state index contributed by atoms with van der Waals surface area (Å²) in [7, 11) is 1.64. The standard InChI is InChI=1S/C13H19N3O3/c1-3-4-5-8-15(2)13(17)11-9-10(14)6-7-12(11)16(18)19/h6-7,9H,3-5,8,14H2,1-2H3. The van der Waals surface area contributed by atoms with Crippen LogP contribution in [0.3, 0.4) is 0 Å². The van der Waals surface area contributed by atoms with E-state index in [1.54, 1.807) is 7.05 Å². The molecule has 0 fully saturated rings. The lowest BCUT2D eigenvalue weighted by atomic mass is 10.1. The summed E-state index contributed by atoms with van der Waals surface area (Å²) in [6.07, 6.45) is 2.96. The van der Waals surface area contributed by atoms with Gasteiger partial charge in [0.15, 0.2) is 0 Å². The molecule has 1 rings (SSSR count). The molecule has 0 bridgehead atoms. The first kappa shape index (κ1) is 14.9. The number of benzene rings is 1. The van der Waals surface area contributed by atoms with Crippen LogP contribution in [-0.4, -0.2) is 29.3 Å². The molecule has 0 aromatic heterocycles. The van der Waals surface area contributed by atoms with Gasteiger partial charge < -0.3 is 10.6 Å². The van der Waals surface area contributed by atoms with E-state index in [4.69, 9.17) is 5.73 Å². The Morgan fingerprint density at radius 2 is 2.11 bits per heavy atom. The van der Waals surface area contributed by atoms with E-state index in [1.165, 1.54) is 23.1 Å². The number of hydrogen-bond donors (Lipinski definition) is 1. The minimum atomic E-state index is -0.563. The van der Waals surface area contributed by atoms with Crippen molar-refractivity contribution in [2.45, 2.75) is 26.2 Å². The van der Waals surface area contributed by atoms with Crippen molar-refractivity contribution in [1.82, 2.24) is 4.90 Å². The summed E-state index contributed by atoms with van der Waals surface area (Å²) in [5.74, 6) is -0.366. The average Bonchev–Trinajstić information content (AvgIpc) is 2.37. The number of nitro benzene ring substituents is 1. The van der Waals surface area contributed by atoms with Gasteiger partial charge in [-0.3, -0.25) is 14.9 Å². The van der Waals surface area contributed by atoms with Crippen molar-refractivity contribution in [3.63, 3.8) is 0 Å². The summed E-state index contributed by atoms with van der Waals surface area (Å²) in [5, 5.41) is 10.9. The van der Waals surface area contributed by atoms with Gasteiger partial charge in [0.05, 0.1) is 4.92 Å². The van der Waals surface area contributed by atoms with Crippen molar-refractivity contribution in [1.29, 1.82) is 0 Å². The highest BCUT2D eigenvalue weighted by Crippen LogP contribution is 2.22. The van der Waals surface area contributed by atoms with Crippen molar-refractivity contribution in [3.05, 3.63) is 33.9 Å². The Bertz CT molecular complexity index is 474. The van der Waals surface area contributed by atoms with Crippen LogP contribution in [0.5, 0.6) is 0 Å². The Morgan fingerprint density at radius 1 is 1.42 bits per heavy atom. The number of amides is 1. The van der Waals surface area contributed by atoms with Crippen LogP contribution < -0.4 is 5.73 Å². The van der Waals surface area contributed by atoms with Gasteiger partial charge in [-0.1, -0.05) is 19.8 Å². The van der Waals surface area contributed by atoms with Crippen LogP contribution in [0.4, 0.5) is 11.4 Å². The Labute approximate surface area is 112 Å². The van der Waals surface area contributed by atoms with E-state index in [2.05, 4.69) is 6.92 Å². The molecule has 0 heterocycles. The number of nitrogens with two attached hydrogens (primary N) is 1. The fraction of sp³-hybridized carbons (Fsp3) is 0.462. The molecule has 2 N–H and O–H groups in total. The van der Waals surface area contributed by atoms with Crippen molar-refractivity contribution in [3.8, 4) is 0 Å². The number of unbranched alkanes of at least 4 members (excludes halogenated alkanes) is 2. The summed E-state index contributed by atoms with van der Waals surface area (Å²) < 4.78 is 0. The lowest BCUT2D eigenvalue weighted by Crippen LogP contribution is -2.28. The molecule has 6 nitrogen and oxygen atoms in total. The SMILES string of the molecule is CCCCCN(C)C(=O)c1cc(N)ccc1[N+](=O)[O-]. The van der Waals surface area contributed by atoms with Crippen LogP contribution in [0.25, 0.3) is 0 Å². The second-order valence-corrected chi connectivity index (χ2v) is 4.47. The number of nitrogen functional groups attached to an aromatic ring is 1. The monoisotopic (exact) mass is 265 g/mol. The Balaban J connectivity index is 2.91. The van der Waals surface area contributed by atoms with Gasteiger partial charge in [0.2, 0.25) is 0 Å². The third kappa shape index (κ3) is 3.94. The fourth-order valence-electron chi connectivity index (χ4n) is 1.79. The van der Waals surface area contributed by atoms with Gasteiger partial charge >= 0.3 is 0 Å². The summed E-state index contributed by atoms with van der Waals surface area (Å²) in [6, 6.07) is 4.05. The minimum Gasteiger partial charge on any atom is -0.399 e. The Hall–Kier alpha value is -2.11. The van der Waals surface area contributed by atoms with E-state index in [9.17, 15) is 14.9 Å². The predicted octanol–water partition coefficient (Wildman–Crippen LogP) is 2.44. The van der Waals surface area contributed by atoms with Gasteiger partial charge in [0.1, 0.15) is 5.56 Å². The molecule has 6 heteroatoms. The largest absolute Gasteiger partial charge is 0.399 e. The molecule has 0 saturated heterocycles. The van der Waals surface area contributed by atoms with Crippen LogP contribution in [0, 0.1) is 10.1 Å². The lowest BCUT2D eigenvalue weighted by molar-refractivity contribution is -0.385. The first-order valence-corrected chi connectivity index (χ1v) is 6.26. The van der Waals surface area contributed by atoms with Crippen LogP contribution >= 0.6 is 0 Å². The van der Waals surface area contributed by atoms with Crippen molar-refractivity contribution >= 4 is 17.3 Å². The molecule has 19 heavy (non-hydrogen) atoms. The molecule has 0 atom stereocenters. The van der Waals surface area contributed by atoms with Gasteiger partial charge in [-0.25, -0.2) is 0 Å². The second kappa shape index (κ2) is 6.72. The number of anilines is 1. The molecule has 104 valence electrons. The van der Waals surface area contributed by atoms with Crippen molar-refractivity contribution < 1.29 is 9.72 Å². The second-order valence-electron chi connectivity index (χ2n) is 4.47. The number of nitrogens with zero attached hydrogens (tertiary/aromatic N) is 2. The zero-order valence-electron chi connectivity index (χ0n) is 11.3. The van der Waals surface area contributed by atoms with E-state index in [-0.39, 0.29) is 17.2 Å². The van der Waals surface area contributed by atoms with Gasteiger partial charge in [-0.2, -0.15) is 0 Å². The molecule has 0 aliphatic rings. The number of hydrogen-bond acceptors (Lipinski definition) is 4. The predicted molar refractivity (Wildman–Crippen MR) is 74.0 cm³/mol. The zero-order valence-corrected chi connectivity index (χ0v) is 11.3. The van der Waals surface area contributed by atoms with Crippen molar-refractivity contribution in [2.75, 3.05) is 19.3 Å². The fourth-order valence-corrected chi connectivity index (χ4v) is 1.79. The number of carbonyl (C=O) groups is 1. The van der Waals surface area contributed by atoms with Gasteiger partial charge in [0, 0.05) is 25.3 Å². The molecule has 0 aliphatic carbocycles. The van der Waals surface area contributed by atoms with Crippen LogP contribution in [0.15, 0.2) is 18.2 Å². The van der Waals surface area contributed by atoms with Crippen LogP contribution in [0.2, 0.25) is 0 Å². The number of nitro groups is 1. The number of rotatable bonds is 6. The molecule has 0 radical (unpaired) electrons. The molecule has 1 amide bonds. The summed E-state index contributed by atoms with van der Waals surface area (Å²) in [5.41, 5.74) is 5.78. The third-order valence-electron chi connectivity index (χ3n) is 2.89. The molecule has 1 aromatic carbocycles. The maximum Gasteiger partial charge on any atom is 0.282 e. The quantitative estimate of drug-likeness (QED) is 0.370. The van der Waals surface area contributed by atoms with Crippen LogP contribution in [-0.2, 0) is 0 Å². The topological polar surface area (TPSA) is 89.5 Å². The normalized spacial score (nSPS) is 10.2. The molecule has 0 spiro atoms. The first-order chi connectivity index (χ1) is 8.97. The molecule has 0 unspecified atom stereocenters. The van der Waals surface area contributed by atoms with E-state index in [1.807, 2.05) is 0 Å². The third-order valence-corrected chi connectivity index (χ3v) is 2.89. The zero-order chi connectivity index (χ0) is 14.4. The Morgan fingerprint density at radius 3 is 2.68 bits per heavy atom. The van der Waals surface area contributed by atoms with Crippen molar-refractivity contribution in [2.24, 2.45) is 0 Å². The van der Waals surface area contributed by atoms with E-state index < -0.39 is 4.92 Å². The molecular formula is C13H19N3O3. The molecule has 0 saturated carbocycles. The van der Waals surface area contributed by atoms with Gasteiger partial charge in [0.25, 0.3) is 11.6 Å². The Kier molecular flexibility index (Phi) is 5.29. The van der Waals surface area contributed by atoms with E-state index in [0.29, 0.717) is 12.2 Å². The molecule has 0 aliphatic heterocycles. The molecule has 1 aromatic rings. The van der Waals surface area contributed by atoms with E-state index in [0.717, 1.165) is 19.3 Å². The summed E-state index contributed by atoms with van der Waals surface area (Å²) in [4.78, 5) is 24.0. The highest BCUT2D eigenvalue weighted by molar-refractivity contribution is 5.98. The number of carbonyl (C=O) groups excluding carboxylic acids is 1. The highest BCUT2D eigenvalue weighted by Gasteiger charge is 2.22. The minimum absolute atomic E-state index is 0.0454. The average molecular weight is 265 g/mol. The smallest absolute Gasteiger partial charge is 0.282 e. The van der Waals surface area contributed by atoms with E-state index >= 15 is 0 Å². The molecular weight excluding hydrogens is 246 g/mol. The summed E-state index contributed by atoms with van der Waals surface area (Å²) >= 11 is 0. The highest BCUT2D eigenvalue weighted by atomic mass is 16.6.